The summed E-state index contributed by atoms with van der Waals surface area (Å²) in [6, 6.07) is 39.0. The van der Waals surface area contributed by atoms with Crippen molar-refractivity contribution in [3.05, 3.63) is 126 Å². The van der Waals surface area contributed by atoms with Crippen LogP contribution in [-0.2, 0) is 4.79 Å². The molecule has 0 aliphatic rings. The van der Waals surface area contributed by atoms with Crippen LogP contribution < -0.4 is 13.2 Å². The molecule has 4 rings (SSSR count). The van der Waals surface area contributed by atoms with Gasteiger partial charge in [-0.05, 0) is 0 Å². The second-order valence-corrected chi connectivity index (χ2v) is 16.5. The van der Waals surface area contributed by atoms with Crippen LogP contribution in [0.4, 0.5) is 0 Å². The molecule has 0 saturated heterocycles. The van der Waals surface area contributed by atoms with Gasteiger partial charge in [0.15, 0.2) is 0 Å². The first-order chi connectivity index (χ1) is 15.1. The molecular weight excluding hydrogens is 464 g/mol. The van der Waals surface area contributed by atoms with Crippen LogP contribution in [0.25, 0.3) is 0 Å². The number of hydrogen-bond acceptors (Lipinski definition) is 1. The van der Waals surface area contributed by atoms with Crippen molar-refractivity contribution in [3.63, 3.8) is 0 Å². The Balaban J connectivity index is 2.14. The minimum atomic E-state index is -3.59. The molecule has 0 heterocycles. The summed E-state index contributed by atoms with van der Waals surface area (Å²) < 4.78 is 3.40. The summed E-state index contributed by atoms with van der Waals surface area (Å²) in [5.74, 6) is -0.817. The normalized spacial score (nSPS) is 12.3. The molecule has 31 heavy (non-hydrogen) atoms. The first-order valence-corrected chi connectivity index (χ1v) is 15.0. The summed E-state index contributed by atoms with van der Waals surface area (Å²) in [5, 5.41) is 10.6. The molecule has 154 valence electrons. The topological polar surface area (TPSA) is 37.3 Å². The van der Waals surface area contributed by atoms with E-state index in [1.165, 1.54) is 13.2 Å². The van der Waals surface area contributed by atoms with Crippen molar-refractivity contribution in [1.82, 2.24) is 0 Å². The molecule has 1 atom stereocenters. The van der Waals surface area contributed by atoms with Gasteiger partial charge in [-0.1, -0.05) is 0 Å². The van der Waals surface area contributed by atoms with Gasteiger partial charge in [0.05, 0.1) is 0 Å². The van der Waals surface area contributed by atoms with E-state index >= 15 is 0 Å². The Morgan fingerprint density at radius 1 is 0.677 bits per heavy atom. The summed E-state index contributed by atoms with van der Waals surface area (Å²) in [6.45, 7) is 0. The summed E-state index contributed by atoms with van der Waals surface area (Å²) >= 11 is 3.12. The number of carbonyl (C=O) groups is 1. The average molecular weight is 488 g/mol. The van der Waals surface area contributed by atoms with Crippen LogP contribution in [0.2, 0.25) is 5.02 Å². The van der Waals surface area contributed by atoms with E-state index in [0.717, 1.165) is 5.56 Å². The molecule has 4 heteroatoms. The third-order valence-electron chi connectivity index (χ3n) is 5.87. The zero-order chi connectivity index (χ0) is 21.7. The zero-order valence-corrected chi connectivity index (χ0v) is 19.8. The van der Waals surface area contributed by atoms with E-state index in [1.54, 1.807) is 0 Å². The molecule has 0 fully saturated rings. The predicted octanol–water partition coefficient (Wildman–Crippen LogP) is 4.61. The van der Waals surface area contributed by atoms with Gasteiger partial charge in [0.25, 0.3) is 0 Å². The summed E-state index contributed by atoms with van der Waals surface area (Å²) in [7, 11) is 0. The Bertz CT molecular complexity index is 1050. The molecule has 4 aromatic carbocycles. The van der Waals surface area contributed by atoms with Crippen LogP contribution in [0.15, 0.2) is 115 Å². The maximum absolute atomic E-state index is 12.2. The van der Waals surface area contributed by atoms with Gasteiger partial charge >= 0.3 is 191 Å². The van der Waals surface area contributed by atoms with Crippen molar-refractivity contribution in [3.8, 4) is 0 Å². The van der Waals surface area contributed by atoms with Gasteiger partial charge in [-0.25, -0.2) is 0 Å². The van der Waals surface area contributed by atoms with Gasteiger partial charge < -0.3 is 0 Å². The number of benzene rings is 4. The molecule has 0 spiro atoms. The Morgan fingerprint density at radius 3 is 1.45 bits per heavy atom. The quantitative estimate of drug-likeness (QED) is 0.387. The summed E-state index contributed by atoms with van der Waals surface area (Å²) in [4.78, 5) is 12.2. The number of hydrogen-bond donors (Lipinski definition) is 1. The zero-order valence-electron chi connectivity index (χ0n) is 17.0. The molecule has 1 N–H and O–H groups in total. The second-order valence-electron chi connectivity index (χ2n) is 7.58. The first kappa shape index (κ1) is 21.4. The van der Waals surface area contributed by atoms with Gasteiger partial charge in [0.2, 0.25) is 0 Å². The standard InChI is InChI=1S/C27H23ClGeO2/c28-25-19-11-10-18-24(25)26(20-27(30)31)29(21-12-4-1-5-13-21,22-14-6-2-7-15-22)23-16-8-3-9-17-23/h1-19,26H,20H2,(H,30,31). The maximum atomic E-state index is 12.2. The third kappa shape index (κ3) is 4.18. The fourth-order valence-electron chi connectivity index (χ4n) is 4.64. The van der Waals surface area contributed by atoms with Crippen LogP contribution in [0.5, 0.6) is 0 Å². The Morgan fingerprint density at radius 2 is 1.06 bits per heavy atom. The Kier molecular flexibility index (Phi) is 6.59. The molecule has 4 aromatic rings. The monoisotopic (exact) mass is 488 g/mol. The predicted molar refractivity (Wildman–Crippen MR) is 130 cm³/mol. The fraction of sp³-hybridized carbons (Fsp3) is 0.0741. The van der Waals surface area contributed by atoms with Crippen LogP contribution in [0.1, 0.15) is 16.7 Å². The van der Waals surface area contributed by atoms with E-state index in [-0.39, 0.29) is 11.2 Å². The Hall–Kier alpha value is -2.82. The molecule has 0 bridgehead atoms. The van der Waals surface area contributed by atoms with E-state index in [9.17, 15) is 9.90 Å². The molecule has 0 saturated carbocycles. The number of aliphatic carboxylic acids is 1. The van der Waals surface area contributed by atoms with Gasteiger partial charge in [0, 0.05) is 0 Å². The van der Waals surface area contributed by atoms with E-state index in [4.69, 9.17) is 11.6 Å². The number of carboxylic acid groups (broad SMARTS) is 1. The SMILES string of the molecule is O=C(O)C[CH](c1ccccc1Cl)[Ge]([c]1ccccc1)([c]1ccccc1)[c]1ccccc1. The minimum absolute atomic E-state index is 0.0163. The van der Waals surface area contributed by atoms with Crippen molar-refractivity contribution >= 4 is 44.0 Å². The third-order valence-corrected chi connectivity index (χ3v) is 17.3. The molecule has 0 aliphatic carbocycles. The number of carboxylic acids is 1. The van der Waals surface area contributed by atoms with Crippen LogP contribution >= 0.6 is 11.6 Å². The summed E-state index contributed by atoms with van der Waals surface area (Å²) in [6.07, 6.45) is 0.0163. The van der Waals surface area contributed by atoms with Gasteiger partial charge in [-0.15, -0.1) is 0 Å². The summed E-state index contributed by atoms with van der Waals surface area (Å²) in [5.41, 5.74) is 0.906. The molecule has 2 nitrogen and oxygen atoms in total. The van der Waals surface area contributed by atoms with Crippen molar-refractivity contribution < 1.29 is 9.90 Å². The number of halogens is 1. The van der Waals surface area contributed by atoms with Crippen LogP contribution in [0, 0.1) is 0 Å². The van der Waals surface area contributed by atoms with Crippen LogP contribution in [0.3, 0.4) is 0 Å². The second kappa shape index (κ2) is 9.55. The molecule has 0 aromatic heterocycles. The first-order valence-electron chi connectivity index (χ1n) is 10.3. The van der Waals surface area contributed by atoms with Gasteiger partial charge in [0.1, 0.15) is 0 Å². The molecule has 1 unspecified atom stereocenters. The Labute approximate surface area is 190 Å². The average Bonchev–Trinajstić information content (AvgIpc) is 2.81. The van der Waals surface area contributed by atoms with E-state index in [1.807, 2.05) is 78.9 Å². The van der Waals surface area contributed by atoms with Gasteiger partial charge in [-0.2, -0.15) is 0 Å². The molecule has 0 amide bonds. The van der Waals surface area contributed by atoms with E-state index < -0.39 is 19.2 Å². The van der Waals surface area contributed by atoms with Crippen molar-refractivity contribution in [2.45, 2.75) is 11.2 Å². The van der Waals surface area contributed by atoms with Crippen molar-refractivity contribution in [2.24, 2.45) is 0 Å². The molecule has 0 radical (unpaired) electrons. The van der Waals surface area contributed by atoms with E-state index in [2.05, 4.69) is 36.4 Å². The van der Waals surface area contributed by atoms with Crippen molar-refractivity contribution in [2.75, 3.05) is 0 Å². The number of rotatable bonds is 7. The fourth-order valence-corrected chi connectivity index (χ4v) is 16.8. The van der Waals surface area contributed by atoms with E-state index in [0.29, 0.717) is 5.02 Å². The molecular formula is C27H23ClGeO2. The van der Waals surface area contributed by atoms with Crippen molar-refractivity contribution in [1.29, 1.82) is 0 Å². The van der Waals surface area contributed by atoms with Gasteiger partial charge in [-0.3, -0.25) is 0 Å². The van der Waals surface area contributed by atoms with Crippen LogP contribution in [-0.4, -0.2) is 24.3 Å². The molecule has 0 aliphatic heterocycles.